The van der Waals surface area contributed by atoms with E-state index in [1.165, 1.54) is 0 Å². The molecule has 0 radical (unpaired) electrons. The second kappa shape index (κ2) is 10.8. The molecule has 0 bridgehead atoms. The van der Waals surface area contributed by atoms with E-state index >= 15 is 0 Å². The van der Waals surface area contributed by atoms with Crippen LogP contribution in [0.4, 0.5) is 0 Å². The molecule has 7 heteroatoms. The molecule has 1 amide bonds. The third-order valence-electron chi connectivity index (χ3n) is 4.46. The van der Waals surface area contributed by atoms with E-state index in [9.17, 15) is 9.59 Å². The van der Waals surface area contributed by atoms with Gasteiger partial charge in [-0.2, -0.15) is 0 Å². The van der Waals surface area contributed by atoms with Crippen LogP contribution in [0.15, 0.2) is 0 Å². The third-order valence-corrected chi connectivity index (χ3v) is 4.46. The smallest absolute Gasteiger partial charge is 0.317 e. The SMILES string of the molecule is CC(C)CCNC(=O)C(C)N1CCC(N(C)CC(=O)O)CC1.Cl. The Hall–Kier alpha value is -0.850. The van der Waals surface area contributed by atoms with E-state index in [1.54, 1.807) is 0 Å². The van der Waals surface area contributed by atoms with Crippen molar-refractivity contribution in [2.45, 2.75) is 52.1 Å². The van der Waals surface area contributed by atoms with Gasteiger partial charge in [-0.25, -0.2) is 0 Å². The molecule has 1 aliphatic heterocycles. The summed E-state index contributed by atoms with van der Waals surface area (Å²) in [5.74, 6) is -0.100. The Bertz CT molecular complexity index is 372. The van der Waals surface area contributed by atoms with E-state index in [-0.39, 0.29) is 30.9 Å². The fourth-order valence-electron chi connectivity index (χ4n) is 2.85. The fraction of sp³-hybridized carbons (Fsp3) is 0.875. The molecule has 6 nitrogen and oxygen atoms in total. The summed E-state index contributed by atoms with van der Waals surface area (Å²) in [7, 11) is 1.86. The van der Waals surface area contributed by atoms with Crippen LogP contribution in [-0.4, -0.2) is 72.1 Å². The lowest BCUT2D eigenvalue weighted by Crippen LogP contribution is -2.51. The minimum absolute atomic E-state index is 0. The molecule has 23 heavy (non-hydrogen) atoms. The van der Waals surface area contributed by atoms with Crippen molar-refractivity contribution in [1.29, 1.82) is 0 Å². The lowest BCUT2D eigenvalue weighted by Gasteiger charge is -2.38. The number of hydrogen-bond donors (Lipinski definition) is 2. The molecule has 0 saturated carbocycles. The molecule has 0 aliphatic carbocycles. The third kappa shape index (κ3) is 7.99. The van der Waals surface area contributed by atoms with Crippen molar-refractivity contribution < 1.29 is 14.7 Å². The second-order valence-electron chi connectivity index (χ2n) is 6.73. The van der Waals surface area contributed by atoms with E-state index in [0.717, 1.165) is 38.9 Å². The molecule has 2 N–H and O–H groups in total. The molecule has 0 aromatic carbocycles. The Kier molecular flexibility index (Phi) is 10.4. The molecule has 0 spiro atoms. The van der Waals surface area contributed by atoms with Gasteiger partial charge in [0.25, 0.3) is 0 Å². The summed E-state index contributed by atoms with van der Waals surface area (Å²) in [6, 6.07) is 0.182. The topological polar surface area (TPSA) is 72.9 Å². The first-order valence-corrected chi connectivity index (χ1v) is 8.25. The van der Waals surface area contributed by atoms with Gasteiger partial charge in [-0.1, -0.05) is 13.8 Å². The Morgan fingerprint density at radius 1 is 1.26 bits per heavy atom. The molecule has 1 heterocycles. The average Bonchev–Trinajstić information content (AvgIpc) is 2.45. The highest BCUT2D eigenvalue weighted by molar-refractivity contribution is 5.85. The zero-order valence-corrected chi connectivity index (χ0v) is 15.6. The van der Waals surface area contributed by atoms with Gasteiger partial charge in [0.2, 0.25) is 5.91 Å². The quantitative estimate of drug-likeness (QED) is 0.693. The molecule has 0 aromatic heterocycles. The molecule has 0 aromatic rings. The van der Waals surface area contributed by atoms with Crippen LogP contribution in [0, 0.1) is 5.92 Å². The van der Waals surface area contributed by atoms with Gasteiger partial charge in [0.15, 0.2) is 0 Å². The molecular formula is C16H32ClN3O3. The summed E-state index contributed by atoms with van der Waals surface area (Å²) < 4.78 is 0. The standard InChI is InChI=1S/C16H31N3O3.ClH/c1-12(2)5-8-17-16(22)13(3)19-9-6-14(7-10-19)18(4)11-15(20)21;/h12-14H,5-11H2,1-4H3,(H,17,22)(H,20,21);1H. The number of nitrogens with one attached hydrogen (secondary N) is 1. The van der Waals surface area contributed by atoms with Gasteiger partial charge in [0.05, 0.1) is 12.6 Å². The second-order valence-corrected chi connectivity index (χ2v) is 6.73. The number of aliphatic carboxylic acids is 1. The van der Waals surface area contributed by atoms with Crippen molar-refractivity contribution in [3.63, 3.8) is 0 Å². The van der Waals surface area contributed by atoms with Gasteiger partial charge in [-0.3, -0.25) is 19.4 Å². The van der Waals surface area contributed by atoms with Gasteiger partial charge in [0.1, 0.15) is 0 Å². The zero-order chi connectivity index (χ0) is 16.7. The highest BCUT2D eigenvalue weighted by Gasteiger charge is 2.28. The molecule has 1 aliphatic rings. The van der Waals surface area contributed by atoms with Gasteiger partial charge >= 0.3 is 5.97 Å². The first-order chi connectivity index (χ1) is 10.3. The Balaban J connectivity index is 0.00000484. The lowest BCUT2D eigenvalue weighted by molar-refractivity contribution is -0.138. The number of likely N-dealkylation sites (tertiary alicyclic amines) is 1. The summed E-state index contributed by atoms with van der Waals surface area (Å²) in [6.45, 7) is 8.74. The minimum Gasteiger partial charge on any atom is -0.480 e. The largest absolute Gasteiger partial charge is 0.480 e. The highest BCUT2D eigenvalue weighted by Crippen LogP contribution is 2.17. The average molecular weight is 350 g/mol. The number of rotatable bonds is 8. The maximum Gasteiger partial charge on any atom is 0.317 e. The normalized spacial score (nSPS) is 17.8. The van der Waals surface area contributed by atoms with E-state index in [0.29, 0.717) is 12.0 Å². The molecule has 1 unspecified atom stereocenters. The van der Waals surface area contributed by atoms with Crippen LogP contribution < -0.4 is 5.32 Å². The van der Waals surface area contributed by atoms with Crippen molar-refractivity contribution >= 4 is 24.3 Å². The summed E-state index contributed by atoms with van der Waals surface area (Å²) in [5.41, 5.74) is 0. The molecule has 136 valence electrons. The van der Waals surface area contributed by atoms with Gasteiger partial charge in [-0.05, 0) is 39.2 Å². The summed E-state index contributed by atoms with van der Waals surface area (Å²) in [4.78, 5) is 27.0. The van der Waals surface area contributed by atoms with Crippen molar-refractivity contribution in [1.82, 2.24) is 15.1 Å². The fourth-order valence-corrected chi connectivity index (χ4v) is 2.85. The molecule has 1 rings (SSSR count). The van der Waals surface area contributed by atoms with Gasteiger partial charge in [0, 0.05) is 25.7 Å². The van der Waals surface area contributed by atoms with Crippen molar-refractivity contribution in [2.24, 2.45) is 5.92 Å². The Morgan fingerprint density at radius 2 is 1.83 bits per heavy atom. The van der Waals surface area contributed by atoms with Crippen molar-refractivity contribution in [2.75, 3.05) is 33.2 Å². The Labute approximate surface area is 146 Å². The molecular weight excluding hydrogens is 318 g/mol. The van der Waals surface area contributed by atoms with Gasteiger partial charge in [-0.15, -0.1) is 12.4 Å². The lowest BCUT2D eigenvalue weighted by atomic mass is 10.0. The van der Waals surface area contributed by atoms with Gasteiger partial charge < -0.3 is 10.4 Å². The summed E-state index contributed by atoms with van der Waals surface area (Å²) in [6.07, 6.45) is 2.82. The predicted octanol–water partition coefficient (Wildman–Crippen LogP) is 1.44. The van der Waals surface area contributed by atoms with Crippen LogP contribution in [0.1, 0.15) is 40.0 Å². The Morgan fingerprint density at radius 3 is 2.30 bits per heavy atom. The first-order valence-electron chi connectivity index (χ1n) is 8.25. The number of hydrogen-bond acceptors (Lipinski definition) is 4. The number of nitrogens with zero attached hydrogens (tertiary/aromatic N) is 2. The van der Waals surface area contributed by atoms with Crippen molar-refractivity contribution in [3.05, 3.63) is 0 Å². The number of halogens is 1. The number of carbonyl (C=O) groups excluding carboxylic acids is 1. The number of amides is 1. The number of carbonyl (C=O) groups is 2. The highest BCUT2D eigenvalue weighted by atomic mass is 35.5. The zero-order valence-electron chi connectivity index (χ0n) is 14.7. The van der Waals surface area contributed by atoms with Crippen LogP contribution in [0.2, 0.25) is 0 Å². The molecule has 1 fully saturated rings. The van der Waals surface area contributed by atoms with Crippen LogP contribution in [0.25, 0.3) is 0 Å². The van der Waals surface area contributed by atoms with Crippen LogP contribution in [0.3, 0.4) is 0 Å². The summed E-state index contributed by atoms with van der Waals surface area (Å²) >= 11 is 0. The monoisotopic (exact) mass is 349 g/mol. The van der Waals surface area contributed by atoms with E-state index in [2.05, 4.69) is 24.1 Å². The molecule has 1 saturated heterocycles. The first kappa shape index (κ1) is 22.1. The maximum absolute atomic E-state index is 12.1. The van der Waals surface area contributed by atoms with E-state index in [4.69, 9.17) is 5.11 Å². The van der Waals surface area contributed by atoms with Crippen LogP contribution >= 0.6 is 12.4 Å². The molecule has 1 atom stereocenters. The minimum atomic E-state index is -0.789. The predicted molar refractivity (Wildman–Crippen MR) is 94.0 cm³/mol. The number of piperidine rings is 1. The summed E-state index contributed by atoms with van der Waals surface area (Å²) in [5, 5.41) is 11.8. The number of likely N-dealkylation sites (N-methyl/N-ethyl adjacent to an activating group) is 1. The number of carboxylic acid groups (broad SMARTS) is 1. The maximum atomic E-state index is 12.1. The number of carboxylic acids is 1. The van der Waals surface area contributed by atoms with Crippen LogP contribution in [-0.2, 0) is 9.59 Å². The van der Waals surface area contributed by atoms with Crippen LogP contribution in [0.5, 0.6) is 0 Å². The van der Waals surface area contributed by atoms with E-state index < -0.39 is 5.97 Å². The van der Waals surface area contributed by atoms with E-state index in [1.807, 2.05) is 18.9 Å². The van der Waals surface area contributed by atoms with Crippen molar-refractivity contribution in [3.8, 4) is 0 Å².